The van der Waals surface area contributed by atoms with Gasteiger partial charge < -0.3 is 10.1 Å². The second kappa shape index (κ2) is 7.54. The van der Waals surface area contributed by atoms with Crippen LogP contribution in [0.3, 0.4) is 0 Å². The first-order valence-electron chi connectivity index (χ1n) is 8.16. The fraction of sp³-hybridized carbons (Fsp3) is 0.143. The first-order chi connectivity index (χ1) is 12.5. The Kier molecular flexibility index (Phi) is 5.19. The highest BCUT2D eigenvalue weighted by Gasteiger charge is 2.25. The summed E-state index contributed by atoms with van der Waals surface area (Å²) in [5.41, 5.74) is 3.65. The minimum atomic E-state index is -0.465. The zero-order chi connectivity index (χ0) is 18.7. The van der Waals surface area contributed by atoms with Crippen molar-refractivity contribution >= 4 is 28.2 Å². The van der Waals surface area contributed by atoms with Crippen molar-refractivity contribution < 1.29 is 14.3 Å². The van der Waals surface area contributed by atoms with E-state index in [1.165, 1.54) is 18.4 Å². The van der Waals surface area contributed by atoms with Gasteiger partial charge in [-0.15, -0.1) is 11.3 Å². The molecule has 132 valence electrons. The summed E-state index contributed by atoms with van der Waals surface area (Å²) in [4.78, 5) is 26.0. The van der Waals surface area contributed by atoms with E-state index in [2.05, 4.69) is 5.32 Å². The molecule has 0 aliphatic carbocycles. The van der Waals surface area contributed by atoms with Crippen LogP contribution in [0, 0.1) is 13.8 Å². The van der Waals surface area contributed by atoms with Crippen molar-refractivity contribution in [3.05, 3.63) is 76.2 Å². The fourth-order valence-corrected chi connectivity index (χ4v) is 3.90. The number of benzene rings is 2. The number of hydrogen-bond donors (Lipinski definition) is 1. The number of methoxy groups -OCH3 is 1. The van der Waals surface area contributed by atoms with E-state index in [0.29, 0.717) is 16.1 Å². The molecule has 26 heavy (non-hydrogen) atoms. The average molecular weight is 365 g/mol. The quantitative estimate of drug-likeness (QED) is 0.657. The Bertz CT molecular complexity index is 961. The van der Waals surface area contributed by atoms with Crippen LogP contribution in [0.1, 0.15) is 31.2 Å². The van der Waals surface area contributed by atoms with Gasteiger partial charge in [0.15, 0.2) is 0 Å². The molecule has 1 N–H and O–H groups in total. The number of aryl methyl sites for hydroxylation is 2. The lowest BCUT2D eigenvalue weighted by atomic mass is 10.0. The van der Waals surface area contributed by atoms with Crippen LogP contribution in [0.15, 0.2) is 54.6 Å². The van der Waals surface area contributed by atoms with Crippen LogP contribution >= 0.6 is 11.3 Å². The van der Waals surface area contributed by atoms with Gasteiger partial charge in [0.05, 0.1) is 7.11 Å². The molecule has 0 bridgehead atoms. The maximum Gasteiger partial charge on any atom is 0.341 e. The van der Waals surface area contributed by atoms with Gasteiger partial charge in [-0.1, -0.05) is 48.0 Å². The Hall–Kier alpha value is -2.92. The van der Waals surface area contributed by atoms with E-state index in [0.717, 1.165) is 21.6 Å². The molecule has 0 radical (unpaired) electrons. The number of carbonyl (C=O) groups is 2. The van der Waals surface area contributed by atoms with Gasteiger partial charge in [0.25, 0.3) is 5.91 Å². The summed E-state index contributed by atoms with van der Waals surface area (Å²) in [5, 5.41) is 3.38. The van der Waals surface area contributed by atoms with Gasteiger partial charge >= 0.3 is 5.97 Å². The van der Waals surface area contributed by atoms with E-state index in [1.807, 2.05) is 62.4 Å². The number of anilines is 1. The van der Waals surface area contributed by atoms with Gasteiger partial charge in [0.1, 0.15) is 10.6 Å². The number of rotatable bonds is 4. The number of carbonyl (C=O) groups excluding carboxylic acids is 2. The highest BCUT2D eigenvalue weighted by Crippen LogP contribution is 2.40. The van der Waals surface area contributed by atoms with Crippen LogP contribution in [-0.4, -0.2) is 19.0 Å². The lowest BCUT2D eigenvalue weighted by Gasteiger charge is -2.08. The molecule has 5 heteroatoms. The summed E-state index contributed by atoms with van der Waals surface area (Å²) >= 11 is 1.37. The first kappa shape index (κ1) is 17.9. The minimum absolute atomic E-state index is 0.250. The predicted octanol–water partition coefficient (Wildman–Crippen LogP) is 5.07. The van der Waals surface area contributed by atoms with E-state index in [1.54, 1.807) is 6.07 Å². The summed E-state index contributed by atoms with van der Waals surface area (Å²) < 4.78 is 4.98. The second-order valence-corrected chi connectivity index (χ2v) is 7.14. The Morgan fingerprint density at radius 1 is 1.00 bits per heavy atom. The van der Waals surface area contributed by atoms with E-state index in [9.17, 15) is 9.59 Å². The predicted molar refractivity (Wildman–Crippen MR) is 105 cm³/mol. The van der Waals surface area contributed by atoms with Gasteiger partial charge in [-0.25, -0.2) is 4.79 Å². The summed E-state index contributed by atoms with van der Waals surface area (Å²) in [7, 11) is 1.34. The summed E-state index contributed by atoms with van der Waals surface area (Å²) in [6, 6.07) is 17.0. The first-order valence-corrected chi connectivity index (χ1v) is 8.98. The smallest absolute Gasteiger partial charge is 0.341 e. The third-order valence-electron chi connectivity index (χ3n) is 4.04. The summed E-state index contributed by atoms with van der Waals surface area (Å²) in [6.45, 7) is 3.86. The lowest BCUT2D eigenvalue weighted by Crippen LogP contribution is -2.14. The lowest BCUT2D eigenvalue weighted by molar-refractivity contribution is 0.0603. The van der Waals surface area contributed by atoms with Gasteiger partial charge in [0.2, 0.25) is 0 Å². The number of ether oxygens (including phenoxy) is 1. The SMILES string of the molecule is COC(=O)c1c(NC(=O)c2cccc(C)c2)sc(C)c1-c1ccccc1. The van der Waals surface area contributed by atoms with Crippen molar-refractivity contribution in [3.8, 4) is 11.1 Å². The Balaban J connectivity index is 2.05. The van der Waals surface area contributed by atoms with Gasteiger partial charge in [0, 0.05) is 16.0 Å². The van der Waals surface area contributed by atoms with Gasteiger partial charge in [-0.2, -0.15) is 0 Å². The molecule has 3 aromatic rings. The zero-order valence-electron chi connectivity index (χ0n) is 14.8. The minimum Gasteiger partial charge on any atom is -0.465 e. The van der Waals surface area contributed by atoms with E-state index < -0.39 is 5.97 Å². The number of thiophene rings is 1. The van der Waals surface area contributed by atoms with Crippen molar-refractivity contribution in [1.29, 1.82) is 0 Å². The number of nitrogens with one attached hydrogen (secondary N) is 1. The van der Waals surface area contributed by atoms with Crippen molar-refractivity contribution in [2.45, 2.75) is 13.8 Å². The standard InChI is InChI=1S/C21H19NO3S/c1-13-8-7-11-16(12-13)19(23)22-20-18(21(24)25-3)17(14(2)26-20)15-9-5-4-6-10-15/h4-12H,1-3H3,(H,22,23). The van der Waals surface area contributed by atoms with Gasteiger partial charge in [-0.3, -0.25) is 4.79 Å². The Labute approximate surface area is 156 Å². The molecule has 3 rings (SSSR count). The van der Waals surface area contributed by atoms with Crippen LogP contribution in [0.5, 0.6) is 0 Å². The monoisotopic (exact) mass is 365 g/mol. The van der Waals surface area contributed by atoms with Crippen molar-refractivity contribution in [2.24, 2.45) is 0 Å². The molecule has 0 fully saturated rings. The maximum absolute atomic E-state index is 12.6. The molecule has 0 aliphatic rings. The fourth-order valence-electron chi connectivity index (χ4n) is 2.84. The van der Waals surface area contributed by atoms with Crippen LogP contribution in [0.25, 0.3) is 11.1 Å². The highest BCUT2D eigenvalue weighted by atomic mass is 32.1. The molecule has 0 aliphatic heterocycles. The maximum atomic E-state index is 12.6. The number of amides is 1. The molecule has 2 aromatic carbocycles. The number of esters is 1. The largest absolute Gasteiger partial charge is 0.465 e. The molecule has 0 saturated carbocycles. The molecule has 4 nitrogen and oxygen atoms in total. The molecule has 0 saturated heterocycles. The Morgan fingerprint density at radius 2 is 1.73 bits per heavy atom. The van der Waals surface area contributed by atoms with Crippen molar-refractivity contribution in [2.75, 3.05) is 12.4 Å². The van der Waals surface area contributed by atoms with E-state index in [4.69, 9.17) is 4.74 Å². The molecule has 1 heterocycles. The van der Waals surface area contributed by atoms with Crippen molar-refractivity contribution in [3.63, 3.8) is 0 Å². The molecule has 0 atom stereocenters. The third-order valence-corrected chi connectivity index (χ3v) is 5.06. The highest BCUT2D eigenvalue weighted by molar-refractivity contribution is 7.17. The van der Waals surface area contributed by atoms with Crippen LogP contribution in [0.4, 0.5) is 5.00 Å². The Morgan fingerprint density at radius 3 is 2.38 bits per heavy atom. The molecular weight excluding hydrogens is 346 g/mol. The van der Waals surface area contributed by atoms with E-state index in [-0.39, 0.29) is 5.91 Å². The number of hydrogen-bond acceptors (Lipinski definition) is 4. The molecular formula is C21H19NO3S. The average Bonchev–Trinajstić information content (AvgIpc) is 2.97. The molecule has 0 spiro atoms. The van der Waals surface area contributed by atoms with Crippen molar-refractivity contribution in [1.82, 2.24) is 0 Å². The topological polar surface area (TPSA) is 55.4 Å². The molecule has 1 aromatic heterocycles. The third kappa shape index (κ3) is 3.53. The molecule has 0 unspecified atom stereocenters. The summed E-state index contributed by atoms with van der Waals surface area (Å²) in [5.74, 6) is -0.715. The van der Waals surface area contributed by atoms with Crippen LogP contribution in [0.2, 0.25) is 0 Å². The van der Waals surface area contributed by atoms with E-state index >= 15 is 0 Å². The van der Waals surface area contributed by atoms with Gasteiger partial charge in [-0.05, 0) is 31.5 Å². The summed E-state index contributed by atoms with van der Waals surface area (Å²) in [6.07, 6.45) is 0. The van der Waals surface area contributed by atoms with Crippen LogP contribution in [-0.2, 0) is 4.74 Å². The molecule has 1 amide bonds. The zero-order valence-corrected chi connectivity index (χ0v) is 15.6. The second-order valence-electron chi connectivity index (χ2n) is 5.92. The normalized spacial score (nSPS) is 10.4. The van der Waals surface area contributed by atoms with Crippen LogP contribution < -0.4 is 5.32 Å².